The first-order valence-electron chi connectivity index (χ1n) is 12.9. The lowest BCUT2D eigenvalue weighted by atomic mass is 10.1. The number of benzene rings is 2. The molecule has 0 amide bonds. The first-order valence-corrected chi connectivity index (χ1v) is 12.9. The van der Waals surface area contributed by atoms with E-state index in [0.29, 0.717) is 17.2 Å². The van der Waals surface area contributed by atoms with E-state index in [2.05, 4.69) is 31.9 Å². The molecule has 38 heavy (non-hydrogen) atoms. The lowest BCUT2D eigenvalue weighted by Crippen LogP contribution is -2.25. The molecule has 7 heteroatoms. The number of aromatic hydroxyl groups is 1. The van der Waals surface area contributed by atoms with Crippen LogP contribution in [0.25, 0.3) is 21.9 Å². The molecule has 0 bridgehead atoms. The monoisotopic (exact) mass is 521 g/mol. The van der Waals surface area contributed by atoms with Gasteiger partial charge in [-0.1, -0.05) is 39.2 Å². The van der Waals surface area contributed by atoms with Crippen LogP contribution < -0.4 is 19.6 Å². The summed E-state index contributed by atoms with van der Waals surface area (Å²) in [6, 6.07) is 6.27. The summed E-state index contributed by atoms with van der Waals surface area (Å²) in [5.41, 5.74) is -1.39. The second kappa shape index (κ2) is 11.8. The minimum atomic E-state index is -0.697. The van der Waals surface area contributed by atoms with Crippen molar-refractivity contribution in [3.8, 4) is 23.0 Å². The van der Waals surface area contributed by atoms with Crippen LogP contribution in [0.4, 0.5) is 0 Å². The van der Waals surface area contributed by atoms with Gasteiger partial charge in [-0.25, -0.2) is 0 Å². The number of ether oxygens (including phenoxy) is 3. The van der Waals surface area contributed by atoms with E-state index in [1.54, 1.807) is 30.4 Å². The number of rotatable bonds is 13. The maximum atomic E-state index is 13.5. The van der Waals surface area contributed by atoms with Crippen molar-refractivity contribution in [1.82, 2.24) is 4.90 Å². The summed E-state index contributed by atoms with van der Waals surface area (Å²) < 4.78 is 24.5. The van der Waals surface area contributed by atoms with Crippen LogP contribution in [0.3, 0.4) is 0 Å². The number of fused-ring (bicyclic) bond motifs is 2. The SMILES string of the molecule is C=CC(C)(C)Oc1cc(O)c2c(=O)c3ccc(OC(C)(C)C=C)c(OC/C=C/CN(CC)CC)c3oc2c1. The van der Waals surface area contributed by atoms with Crippen molar-refractivity contribution in [3.05, 3.63) is 72.0 Å². The van der Waals surface area contributed by atoms with Gasteiger partial charge in [-0.05, 0) is 65.1 Å². The molecule has 3 aromatic rings. The summed E-state index contributed by atoms with van der Waals surface area (Å²) in [5.74, 6) is 0.806. The van der Waals surface area contributed by atoms with E-state index < -0.39 is 11.2 Å². The van der Waals surface area contributed by atoms with Crippen LogP contribution in [-0.2, 0) is 0 Å². The molecular formula is C31H39NO6. The van der Waals surface area contributed by atoms with Crippen LogP contribution in [0.5, 0.6) is 23.0 Å². The van der Waals surface area contributed by atoms with Gasteiger partial charge >= 0.3 is 0 Å². The summed E-state index contributed by atoms with van der Waals surface area (Å²) in [6.07, 6.45) is 7.30. The van der Waals surface area contributed by atoms with Crippen LogP contribution in [0, 0.1) is 0 Å². The van der Waals surface area contributed by atoms with Crippen molar-refractivity contribution >= 4 is 21.9 Å². The molecule has 1 N–H and O–H groups in total. The van der Waals surface area contributed by atoms with Crippen LogP contribution in [0.2, 0.25) is 0 Å². The van der Waals surface area contributed by atoms with Gasteiger partial charge in [-0.15, -0.1) is 0 Å². The Balaban J connectivity index is 2.15. The van der Waals surface area contributed by atoms with Gasteiger partial charge < -0.3 is 28.6 Å². The van der Waals surface area contributed by atoms with E-state index in [1.165, 1.54) is 6.07 Å². The highest BCUT2D eigenvalue weighted by Gasteiger charge is 2.24. The van der Waals surface area contributed by atoms with E-state index >= 15 is 0 Å². The van der Waals surface area contributed by atoms with E-state index in [4.69, 9.17) is 18.6 Å². The Kier molecular flexibility index (Phi) is 8.94. The summed E-state index contributed by atoms with van der Waals surface area (Å²) in [5, 5.41) is 11.0. The largest absolute Gasteiger partial charge is 0.507 e. The fraction of sp³-hybridized carbons (Fsp3) is 0.387. The maximum Gasteiger partial charge on any atom is 0.205 e. The van der Waals surface area contributed by atoms with Gasteiger partial charge in [0.1, 0.15) is 40.3 Å². The number of hydrogen-bond acceptors (Lipinski definition) is 7. The first-order chi connectivity index (χ1) is 17.9. The van der Waals surface area contributed by atoms with Crippen molar-refractivity contribution in [2.45, 2.75) is 52.7 Å². The zero-order valence-corrected chi connectivity index (χ0v) is 23.3. The summed E-state index contributed by atoms with van der Waals surface area (Å²) >= 11 is 0. The number of likely N-dealkylation sites (N-methyl/N-ethyl adjacent to an activating group) is 1. The third kappa shape index (κ3) is 6.58. The topological polar surface area (TPSA) is 81.4 Å². The second-order valence-corrected chi connectivity index (χ2v) is 10.1. The third-order valence-corrected chi connectivity index (χ3v) is 6.30. The number of nitrogens with zero attached hydrogens (tertiary/aromatic N) is 1. The van der Waals surface area contributed by atoms with Crippen molar-refractivity contribution < 1.29 is 23.7 Å². The van der Waals surface area contributed by atoms with Gasteiger partial charge in [0.15, 0.2) is 11.3 Å². The highest BCUT2D eigenvalue weighted by atomic mass is 16.5. The van der Waals surface area contributed by atoms with Crippen LogP contribution in [-0.4, -0.2) is 47.4 Å². The fourth-order valence-electron chi connectivity index (χ4n) is 3.81. The Morgan fingerprint density at radius 3 is 2.29 bits per heavy atom. The van der Waals surface area contributed by atoms with Gasteiger partial charge in [0.2, 0.25) is 11.2 Å². The molecule has 1 heterocycles. The molecular weight excluding hydrogens is 482 g/mol. The van der Waals surface area contributed by atoms with E-state index in [0.717, 1.165) is 19.6 Å². The van der Waals surface area contributed by atoms with Gasteiger partial charge in [0.05, 0.1) is 5.39 Å². The molecule has 0 aliphatic rings. The fourth-order valence-corrected chi connectivity index (χ4v) is 3.81. The second-order valence-electron chi connectivity index (χ2n) is 10.1. The van der Waals surface area contributed by atoms with E-state index in [9.17, 15) is 9.90 Å². The van der Waals surface area contributed by atoms with Crippen molar-refractivity contribution in [3.63, 3.8) is 0 Å². The predicted molar refractivity (Wildman–Crippen MR) is 154 cm³/mol. The minimum absolute atomic E-state index is 0.0615. The molecule has 0 saturated carbocycles. The highest BCUT2D eigenvalue weighted by molar-refractivity contribution is 5.96. The molecule has 0 unspecified atom stereocenters. The molecule has 3 rings (SSSR count). The molecule has 204 valence electrons. The Bertz CT molecular complexity index is 1400. The van der Waals surface area contributed by atoms with Crippen LogP contribution in [0.1, 0.15) is 41.5 Å². The Morgan fingerprint density at radius 1 is 1.00 bits per heavy atom. The minimum Gasteiger partial charge on any atom is -0.507 e. The first kappa shape index (κ1) is 28.9. The number of phenolic OH excluding ortho intramolecular Hbond substituents is 1. The molecule has 0 radical (unpaired) electrons. The number of hydrogen-bond donors (Lipinski definition) is 1. The van der Waals surface area contributed by atoms with Crippen molar-refractivity contribution in [2.75, 3.05) is 26.2 Å². The standard InChI is InChI=1S/C31H39NO6/c1-9-30(5,6)37-21-19-23(33)26-25(20-21)36-28-22(27(26)34)15-16-24(38-31(7,8)10-2)29(28)35-18-14-13-17-32(11-3)12-4/h9-10,13-16,19-20,33H,1-2,11-12,17-18H2,3-8H3/b14-13+. The van der Waals surface area contributed by atoms with Crippen LogP contribution >= 0.6 is 0 Å². The molecule has 0 fully saturated rings. The summed E-state index contributed by atoms with van der Waals surface area (Å²) in [4.78, 5) is 15.8. The normalized spacial score (nSPS) is 12.4. The van der Waals surface area contributed by atoms with Crippen molar-refractivity contribution in [1.29, 1.82) is 0 Å². The molecule has 0 spiro atoms. The lowest BCUT2D eigenvalue weighted by Gasteiger charge is -2.24. The van der Waals surface area contributed by atoms with Gasteiger partial charge in [0, 0.05) is 18.7 Å². The Morgan fingerprint density at radius 2 is 1.66 bits per heavy atom. The average molecular weight is 522 g/mol. The molecule has 0 aliphatic heterocycles. The molecule has 0 saturated heterocycles. The van der Waals surface area contributed by atoms with E-state index in [1.807, 2.05) is 39.8 Å². The lowest BCUT2D eigenvalue weighted by molar-refractivity contribution is 0.154. The Hall–Kier alpha value is -3.71. The highest BCUT2D eigenvalue weighted by Crippen LogP contribution is 2.40. The molecule has 0 aliphatic carbocycles. The summed E-state index contributed by atoms with van der Waals surface area (Å²) in [7, 11) is 0. The smallest absolute Gasteiger partial charge is 0.205 e. The maximum absolute atomic E-state index is 13.5. The van der Waals surface area contributed by atoms with E-state index in [-0.39, 0.29) is 39.7 Å². The predicted octanol–water partition coefficient (Wildman–Crippen LogP) is 6.62. The molecule has 2 aromatic carbocycles. The zero-order valence-electron chi connectivity index (χ0n) is 23.3. The average Bonchev–Trinajstić information content (AvgIpc) is 2.86. The van der Waals surface area contributed by atoms with Crippen LogP contribution in [0.15, 0.2) is 70.9 Å². The molecule has 0 atom stereocenters. The van der Waals surface area contributed by atoms with Crippen molar-refractivity contribution in [2.24, 2.45) is 0 Å². The quantitative estimate of drug-likeness (QED) is 0.200. The number of phenols is 1. The van der Waals surface area contributed by atoms with Gasteiger partial charge in [0.25, 0.3) is 0 Å². The Labute approximate surface area is 224 Å². The summed E-state index contributed by atoms with van der Waals surface area (Å²) in [6.45, 7) is 22.3. The zero-order chi connectivity index (χ0) is 28.1. The molecule has 1 aromatic heterocycles. The third-order valence-electron chi connectivity index (χ3n) is 6.30. The molecule has 7 nitrogen and oxygen atoms in total. The van der Waals surface area contributed by atoms with Gasteiger partial charge in [-0.3, -0.25) is 4.79 Å². The van der Waals surface area contributed by atoms with Gasteiger partial charge in [-0.2, -0.15) is 0 Å².